The summed E-state index contributed by atoms with van der Waals surface area (Å²) in [5, 5.41) is 0. The fourth-order valence-electron chi connectivity index (χ4n) is 3.83. The van der Waals surface area contributed by atoms with Gasteiger partial charge in [-0.3, -0.25) is 4.90 Å². The van der Waals surface area contributed by atoms with Crippen molar-refractivity contribution < 1.29 is 4.74 Å². The molecule has 0 amide bonds. The maximum Gasteiger partial charge on any atom is 0.0829 e. The maximum atomic E-state index is 6.20. The summed E-state index contributed by atoms with van der Waals surface area (Å²) in [6.07, 6.45) is 5.48. The van der Waals surface area contributed by atoms with Crippen molar-refractivity contribution in [2.24, 2.45) is 11.7 Å². The highest BCUT2D eigenvalue weighted by atomic mass is 16.5. The highest BCUT2D eigenvalue weighted by molar-refractivity contribution is 4.96. The normalized spacial score (nSPS) is 36.5. The lowest BCUT2D eigenvalue weighted by Gasteiger charge is -2.48. The fraction of sp³-hybridized carbons (Fsp3) is 1.00. The van der Waals surface area contributed by atoms with Crippen LogP contribution in [-0.4, -0.2) is 67.8 Å². The highest BCUT2D eigenvalue weighted by Gasteiger charge is 2.38. The van der Waals surface area contributed by atoms with Crippen molar-refractivity contribution in [3.63, 3.8) is 0 Å². The van der Waals surface area contributed by atoms with Crippen LogP contribution in [-0.2, 0) is 4.74 Å². The van der Waals surface area contributed by atoms with E-state index in [4.69, 9.17) is 10.5 Å². The molecule has 0 bridgehead atoms. The van der Waals surface area contributed by atoms with Crippen molar-refractivity contribution in [3.05, 3.63) is 0 Å². The minimum absolute atomic E-state index is 0.223. The first-order valence-electron chi connectivity index (χ1n) is 8.35. The first kappa shape index (κ1) is 16.2. The van der Waals surface area contributed by atoms with Crippen LogP contribution in [0.5, 0.6) is 0 Å². The molecule has 1 unspecified atom stereocenters. The lowest BCUT2D eigenvalue weighted by atomic mass is 9.76. The van der Waals surface area contributed by atoms with E-state index >= 15 is 0 Å². The third kappa shape index (κ3) is 3.73. The number of ether oxygens (including phenoxy) is 1. The van der Waals surface area contributed by atoms with Crippen molar-refractivity contribution in [2.75, 3.05) is 46.4 Å². The van der Waals surface area contributed by atoms with E-state index in [2.05, 4.69) is 30.7 Å². The lowest BCUT2D eigenvalue weighted by Crippen LogP contribution is -2.59. The Labute approximate surface area is 124 Å². The molecule has 1 aliphatic carbocycles. The van der Waals surface area contributed by atoms with Crippen LogP contribution in [0.15, 0.2) is 0 Å². The molecule has 0 aromatic carbocycles. The standard InChI is InChI=1S/C16H33N3O/c1-4-19(12-15-11-18(3)9-10-20-15)16(13-17)7-5-14(2)6-8-16/h14-15H,4-13,17H2,1-3H3. The van der Waals surface area contributed by atoms with Crippen molar-refractivity contribution in [1.29, 1.82) is 0 Å². The number of hydrogen-bond donors (Lipinski definition) is 1. The minimum atomic E-state index is 0.223. The van der Waals surface area contributed by atoms with Crippen LogP contribution in [0.1, 0.15) is 39.5 Å². The Balaban J connectivity index is 1.98. The van der Waals surface area contributed by atoms with E-state index in [-0.39, 0.29) is 5.54 Å². The van der Waals surface area contributed by atoms with Gasteiger partial charge in [-0.15, -0.1) is 0 Å². The third-order valence-electron chi connectivity index (χ3n) is 5.40. The summed E-state index contributed by atoms with van der Waals surface area (Å²) in [5.74, 6) is 0.866. The van der Waals surface area contributed by atoms with E-state index in [9.17, 15) is 0 Å². The van der Waals surface area contributed by atoms with Crippen LogP contribution < -0.4 is 5.73 Å². The molecule has 1 aliphatic heterocycles. The molecule has 0 spiro atoms. The summed E-state index contributed by atoms with van der Waals surface area (Å²) in [5.41, 5.74) is 6.42. The van der Waals surface area contributed by atoms with Crippen LogP contribution in [0, 0.1) is 5.92 Å². The quantitative estimate of drug-likeness (QED) is 0.831. The van der Waals surface area contributed by atoms with Crippen LogP contribution >= 0.6 is 0 Å². The lowest BCUT2D eigenvalue weighted by molar-refractivity contribution is -0.0597. The third-order valence-corrected chi connectivity index (χ3v) is 5.40. The topological polar surface area (TPSA) is 41.7 Å². The first-order valence-corrected chi connectivity index (χ1v) is 8.35. The Morgan fingerprint density at radius 2 is 2.05 bits per heavy atom. The van der Waals surface area contributed by atoms with Gasteiger partial charge in [-0.1, -0.05) is 13.8 Å². The van der Waals surface area contributed by atoms with Crippen molar-refractivity contribution >= 4 is 0 Å². The molecular formula is C16H33N3O. The number of morpholine rings is 1. The highest BCUT2D eigenvalue weighted by Crippen LogP contribution is 2.36. The fourth-order valence-corrected chi connectivity index (χ4v) is 3.83. The summed E-state index contributed by atoms with van der Waals surface area (Å²) in [4.78, 5) is 4.99. The summed E-state index contributed by atoms with van der Waals surface area (Å²) in [6, 6.07) is 0. The summed E-state index contributed by atoms with van der Waals surface area (Å²) in [6.45, 7) is 10.5. The number of nitrogens with two attached hydrogens (primary N) is 1. The van der Waals surface area contributed by atoms with Crippen LogP contribution in [0.25, 0.3) is 0 Å². The smallest absolute Gasteiger partial charge is 0.0829 e. The maximum absolute atomic E-state index is 6.20. The van der Waals surface area contributed by atoms with Gasteiger partial charge in [-0.2, -0.15) is 0 Å². The van der Waals surface area contributed by atoms with Gasteiger partial charge in [0.1, 0.15) is 0 Å². The first-order chi connectivity index (χ1) is 9.59. The van der Waals surface area contributed by atoms with E-state index in [0.717, 1.165) is 45.2 Å². The molecule has 118 valence electrons. The molecule has 4 heteroatoms. The van der Waals surface area contributed by atoms with Gasteiger partial charge >= 0.3 is 0 Å². The van der Waals surface area contributed by atoms with Gasteiger partial charge in [0.05, 0.1) is 12.7 Å². The molecule has 0 aromatic heterocycles. The summed E-state index contributed by atoms with van der Waals surface area (Å²) in [7, 11) is 2.19. The zero-order valence-electron chi connectivity index (χ0n) is 13.6. The number of likely N-dealkylation sites (N-methyl/N-ethyl adjacent to an activating group) is 2. The minimum Gasteiger partial charge on any atom is -0.374 e. The Kier molecular flexibility index (Phi) is 5.84. The van der Waals surface area contributed by atoms with Crippen molar-refractivity contribution in [1.82, 2.24) is 9.80 Å². The molecule has 1 atom stereocenters. The molecule has 0 radical (unpaired) electrons. The Hall–Kier alpha value is -0.160. The van der Waals surface area contributed by atoms with E-state index in [1.54, 1.807) is 0 Å². The largest absolute Gasteiger partial charge is 0.374 e. The predicted octanol–water partition coefficient (Wildman–Crippen LogP) is 1.55. The van der Waals surface area contributed by atoms with Gasteiger partial charge in [0.15, 0.2) is 0 Å². The van der Waals surface area contributed by atoms with Crippen molar-refractivity contribution in [3.8, 4) is 0 Å². The van der Waals surface area contributed by atoms with Crippen LogP contribution in [0.2, 0.25) is 0 Å². The zero-order valence-corrected chi connectivity index (χ0v) is 13.6. The Bertz CT molecular complexity index is 289. The molecule has 20 heavy (non-hydrogen) atoms. The SMILES string of the molecule is CCN(CC1CN(C)CCO1)C1(CN)CCC(C)CC1. The predicted molar refractivity (Wildman–Crippen MR) is 83.9 cm³/mol. The van der Waals surface area contributed by atoms with Crippen LogP contribution in [0.3, 0.4) is 0 Å². The second kappa shape index (κ2) is 7.21. The van der Waals surface area contributed by atoms with E-state index in [1.807, 2.05) is 0 Å². The molecule has 1 saturated heterocycles. The molecule has 0 aromatic rings. The van der Waals surface area contributed by atoms with Gasteiger partial charge in [0, 0.05) is 31.7 Å². The van der Waals surface area contributed by atoms with Gasteiger partial charge in [0.2, 0.25) is 0 Å². The van der Waals surface area contributed by atoms with Gasteiger partial charge in [-0.25, -0.2) is 0 Å². The molecule has 2 fully saturated rings. The Morgan fingerprint density at radius 3 is 2.60 bits per heavy atom. The average Bonchev–Trinajstić information content (AvgIpc) is 2.46. The van der Waals surface area contributed by atoms with E-state index < -0.39 is 0 Å². The molecule has 1 heterocycles. The Morgan fingerprint density at radius 1 is 1.35 bits per heavy atom. The van der Waals surface area contributed by atoms with Gasteiger partial charge < -0.3 is 15.4 Å². The van der Waals surface area contributed by atoms with Crippen molar-refractivity contribution in [2.45, 2.75) is 51.2 Å². The number of rotatable bonds is 5. The molecule has 4 nitrogen and oxygen atoms in total. The number of nitrogens with zero attached hydrogens (tertiary/aromatic N) is 2. The summed E-state index contributed by atoms with van der Waals surface area (Å²) < 4.78 is 5.96. The zero-order chi connectivity index (χ0) is 14.6. The monoisotopic (exact) mass is 283 g/mol. The summed E-state index contributed by atoms with van der Waals surface area (Å²) >= 11 is 0. The second-order valence-corrected chi connectivity index (χ2v) is 6.90. The second-order valence-electron chi connectivity index (χ2n) is 6.90. The molecule has 2 N–H and O–H groups in total. The van der Waals surface area contributed by atoms with Gasteiger partial charge in [-0.05, 0) is 45.2 Å². The van der Waals surface area contributed by atoms with E-state index in [1.165, 1.54) is 25.7 Å². The van der Waals surface area contributed by atoms with E-state index in [0.29, 0.717) is 6.10 Å². The molecule has 2 aliphatic rings. The van der Waals surface area contributed by atoms with Gasteiger partial charge in [0.25, 0.3) is 0 Å². The number of hydrogen-bond acceptors (Lipinski definition) is 4. The van der Waals surface area contributed by atoms with Crippen LogP contribution in [0.4, 0.5) is 0 Å². The average molecular weight is 283 g/mol. The molecule has 1 saturated carbocycles. The molecular weight excluding hydrogens is 250 g/mol. The molecule has 2 rings (SSSR count).